The minimum atomic E-state index is -4.31. The van der Waals surface area contributed by atoms with Crippen LogP contribution in [0.5, 0.6) is 0 Å². The number of benzene rings is 2. The van der Waals surface area contributed by atoms with E-state index >= 15 is 0 Å². The van der Waals surface area contributed by atoms with E-state index in [2.05, 4.69) is 31.2 Å². The second-order valence-corrected chi connectivity index (χ2v) is 6.95. The van der Waals surface area contributed by atoms with E-state index in [-0.39, 0.29) is 0 Å². The van der Waals surface area contributed by atoms with Crippen molar-refractivity contribution in [2.24, 2.45) is 5.92 Å². The second kappa shape index (κ2) is 9.22. The molecular weight excluding hydrogens is 365 g/mol. The first-order valence-corrected chi connectivity index (χ1v) is 9.21. The van der Waals surface area contributed by atoms with E-state index in [1.807, 2.05) is 0 Å². The van der Waals surface area contributed by atoms with Gasteiger partial charge in [-0.1, -0.05) is 60.2 Å². The predicted molar refractivity (Wildman–Crippen MR) is 104 cm³/mol. The molecule has 0 radical (unpaired) electrons. The highest BCUT2D eigenvalue weighted by Crippen LogP contribution is 2.29. The predicted octanol–water partition coefficient (Wildman–Crippen LogP) is 5.82. The standard InChI is InChI=1S/C23H23F3O2/c1-17-6-8-19(9-7-17)14-20-15-27-22(28-16-20)5-3-2-4-18-10-12-21(13-11-18)23(24,25)26/h2-13,20,22H,14-16H2,1H3/b4-2+,5-3+. The van der Waals surface area contributed by atoms with Crippen LogP contribution < -0.4 is 0 Å². The molecule has 0 amide bonds. The summed E-state index contributed by atoms with van der Waals surface area (Å²) < 4.78 is 49.1. The average Bonchev–Trinajstić information content (AvgIpc) is 2.68. The monoisotopic (exact) mass is 388 g/mol. The van der Waals surface area contributed by atoms with Gasteiger partial charge < -0.3 is 9.47 Å². The van der Waals surface area contributed by atoms with Gasteiger partial charge in [0, 0.05) is 5.92 Å². The lowest BCUT2D eigenvalue weighted by atomic mass is 9.99. The minimum absolute atomic E-state index is 0.329. The molecule has 1 fully saturated rings. The zero-order valence-corrected chi connectivity index (χ0v) is 15.7. The van der Waals surface area contributed by atoms with Gasteiger partial charge in [0.2, 0.25) is 0 Å². The van der Waals surface area contributed by atoms with Gasteiger partial charge in [0.1, 0.15) is 0 Å². The van der Waals surface area contributed by atoms with Crippen LogP contribution >= 0.6 is 0 Å². The Kier molecular flexibility index (Phi) is 6.70. The van der Waals surface area contributed by atoms with E-state index in [0.29, 0.717) is 24.7 Å². The molecule has 2 aromatic carbocycles. The number of halogens is 3. The Hall–Kier alpha value is -2.37. The Morgan fingerprint density at radius 3 is 2.18 bits per heavy atom. The van der Waals surface area contributed by atoms with Gasteiger partial charge >= 0.3 is 6.18 Å². The van der Waals surface area contributed by atoms with E-state index in [9.17, 15) is 13.2 Å². The van der Waals surface area contributed by atoms with Crippen molar-refractivity contribution in [2.45, 2.75) is 25.8 Å². The van der Waals surface area contributed by atoms with Gasteiger partial charge in [-0.15, -0.1) is 0 Å². The third-order valence-electron chi connectivity index (χ3n) is 4.54. The van der Waals surface area contributed by atoms with Gasteiger partial charge in [-0.3, -0.25) is 0 Å². The molecular formula is C23H23F3O2. The Bertz CT molecular complexity index is 797. The van der Waals surface area contributed by atoms with E-state index in [1.54, 1.807) is 24.3 Å². The maximum atomic E-state index is 12.5. The summed E-state index contributed by atoms with van der Waals surface area (Å²) in [5.41, 5.74) is 2.57. The molecule has 2 aromatic rings. The highest BCUT2D eigenvalue weighted by Gasteiger charge is 2.29. The van der Waals surface area contributed by atoms with Crippen molar-refractivity contribution in [2.75, 3.05) is 13.2 Å². The molecule has 5 heteroatoms. The number of rotatable bonds is 5. The number of hydrogen-bond acceptors (Lipinski definition) is 2. The summed E-state index contributed by atoms with van der Waals surface area (Å²) in [6, 6.07) is 13.5. The van der Waals surface area contributed by atoms with Crippen LogP contribution in [0.3, 0.4) is 0 Å². The largest absolute Gasteiger partial charge is 0.416 e. The van der Waals surface area contributed by atoms with Gasteiger partial charge in [-0.25, -0.2) is 0 Å². The summed E-state index contributed by atoms with van der Waals surface area (Å²) in [5.74, 6) is 0.329. The lowest BCUT2D eigenvalue weighted by Crippen LogP contribution is -2.31. The fourth-order valence-electron chi connectivity index (χ4n) is 2.95. The fraction of sp³-hybridized carbons (Fsp3) is 0.304. The van der Waals surface area contributed by atoms with Crippen LogP contribution in [0.4, 0.5) is 13.2 Å². The molecule has 0 spiro atoms. The van der Waals surface area contributed by atoms with Crippen molar-refractivity contribution in [1.82, 2.24) is 0 Å². The summed E-state index contributed by atoms with van der Waals surface area (Å²) in [6.07, 6.45) is 3.28. The fourth-order valence-corrected chi connectivity index (χ4v) is 2.95. The number of ether oxygens (including phenoxy) is 2. The summed E-state index contributed by atoms with van der Waals surface area (Å²) >= 11 is 0. The Morgan fingerprint density at radius 1 is 0.929 bits per heavy atom. The van der Waals surface area contributed by atoms with Crippen LogP contribution in [0.25, 0.3) is 6.08 Å². The molecule has 0 atom stereocenters. The number of allylic oxidation sites excluding steroid dienone is 2. The molecule has 28 heavy (non-hydrogen) atoms. The van der Waals surface area contributed by atoms with Crippen molar-refractivity contribution >= 4 is 6.08 Å². The van der Waals surface area contributed by atoms with Crippen LogP contribution in [-0.2, 0) is 22.1 Å². The van der Waals surface area contributed by atoms with Crippen molar-refractivity contribution in [3.8, 4) is 0 Å². The Labute approximate surface area is 163 Å². The lowest BCUT2D eigenvalue weighted by molar-refractivity contribution is -0.173. The first-order chi connectivity index (χ1) is 13.4. The molecule has 0 bridgehead atoms. The highest BCUT2D eigenvalue weighted by molar-refractivity contribution is 5.51. The number of alkyl halides is 3. The first kappa shape index (κ1) is 20.4. The summed E-state index contributed by atoms with van der Waals surface area (Å²) in [7, 11) is 0. The summed E-state index contributed by atoms with van der Waals surface area (Å²) in [4.78, 5) is 0. The lowest BCUT2D eigenvalue weighted by Gasteiger charge is -2.27. The van der Waals surface area contributed by atoms with Gasteiger partial charge in [0.05, 0.1) is 18.8 Å². The zero-order valence-electron chi connectivity index (χ0n) is 15.7. The van der Waals surface area contributed by atoms with E-state index in [0.717, 1.165) is 18.6 Å². The highest BCUT2D eigenvalue weighted by atomic mass is 19.4. The zero-order chi connectivity index (χ0) is 20.0. The molecule has 0 N–H and O–H groups in total. The number of hydrogen-bond donors (Lipinski definition) is 0. The van der Waals surface area contributed by atoms with Gasteiger partial charge in [-0.2, -0.15) is 13.2 Å². The SMILES string of the molecule is Cc1ccc(CC2COC(/C=C/C=C/c3ccc(C(F)(F)F)cc3)OC2)cc1. The molecule has 0 aromatic heterocycles. The molecule has 148 valence electrons. The van der Waals surface area contributed by atoms with Crippen LogP contribution in [-0.4, -0.2) is 19.5 Å². The smallest absolute Gasteiger partial charge is 0.349 e. The van der Waals surface area contributed by atoms with Crippen LogP contribution in [0.15, 0.2) is 66.8 Å². The van der Waals surface area contributed by atoms with Crippen molar-refractivity contribution < 1.29 is 22.6 Å². The van der Waals surface area contributed by atoms with E-state index in [1.165, 1.54) is 23.3 Å². The van der Waals surface area contributed by atoms with Crippen molar-refractivity contribution in [3.63, 3.8) is 0 Å². The van der Waals surface area contributed by atoms with Crippen molar-refractivity contribution in [1.29, 1.82) is 0 Å². The molecule has 2 nitrogen and oxygen atoms in total. The molecule has 1 saturated heterocycles. The van der Waals surface area contributed by atoms with Crippen molar-refractivity contribution in [3.05, 3.63) is 89.0 Å². The Morgan fingerprint density at radius 2 is 1.57 bits per heavy atom. The molecule has 0 unspecified atom stereocenters. The minimum Gasteiger partial charge on any atom is -0.349 e. The molecule has 1 aliphatic rings. The van der Waals surface area contributed by atoms with Gasteiger partial charge in [0.25, 0.3) is 0 Å². The third kappa shape index (κ3) is 6.08. The van der Waals surface area contributed by atoms with Crippen LogP contribution in [0, 0.1) is 12.8 Å². The van der Waals surface area contributed by atoms with Gasteiger partial charge in [-0.05, 0) is 42.7 Å². The second-order valence-electron chi connectivity index (χ2n) is 6.95. The quantitative estimate of drug-likeness (QED) is 0.602. The molecule has 1 heterocycles. The average molecular weight is 388 g/mol. The normalized spacial score (nSPS) is 20.9. The van der Waals surface area contributed by atoms with E-state index < -0.39 is 18.0 Å². The number of aryl methyl sites for hydroxylation is 1. The first-order valence-electron chi connectivity index (χ1n) is 9.21. The maximum Gasteiger partial charge on any atom is 0.416 e. The third-order valence-corrected chi connectivity index (χ3v) is 4.54. The van der Waals surface area contributed by atoms with Crippen LogP contribution in [0.1, 0.15) is 22.3 Å². The summed E-state index contributed by atoms with van der Waals surface area (Å²) in [6.45, 7) is 3.33. The van der Waals surface area contributed by atoms with E-state index in [4.69, 9.17) is 9.47 Å². The molecule has 3 rings (SSSR count). The van der Waals surface area contributed by atoms with Crippen LogP contribution in [0.2, 0.25) is 0 Å². The van der Waals surface area contributed by atoms with Gasteiger partial charge in [0.15, 0.2) is 6.29 Å². The summed E-state index contributed by atoms with van der Waals surface area (Å²) in [5, 5.41) is 0. The topological polar surface area (TPSA) is 18.5 Å². The molecule has 1 aliphatic heterocycles. The molecule has 0 aliphatic carbocycles. The Balaban J connectivity index is 1.43. The molecule has 0 saturated carbocycles. The maximum absolute atomic E-state index is 12.5.